The van der Waals surface area contributed by atoms with Crippen LogP contribution in [0.15, 0.2) is 66.0 Å². The molecule has 1 aliphatic rings. The van der Waals surface area contributed by atoms with Gasteiger partial charge >= 0.3 is 0 Å². The highest BCUT2D eigenvalue weighted by molar-refractivity contribution is 8.00. The molecule has 0 radical (unpaired) electrons. The number of anilines is 2. The van der Waals surface area contributed by atoms with Crippen molar-refractivity contribution >= 4 is 23.6 Å². The van der Waals surface area contributed by atoms with E-state index in [9.17, 15) is 13.2 Å². The van der Waals surface area contributed by atoms with Crippen molar-refractivity contribution in [1.29, 1.82) is 0 Å². The molecular formula is C26H23F3N6OS. The first-order valence-corrected chi connectivity index (χ1v) is 12.6. The van der Waals surface area contributed by atoms with Crippen LogP contribution in [0.5, 0.6) is 11.6 Å². The molecule has 2 aromatic heterocycles. The Morgan fingerprint density at radius 2 is 1.62 bits per heavy atom. The maximum Gasteiger partial charge on any atom is 0.247 e. The third-order valence-electron chi connectivity index (χ3n) is 5.83. The van der Waals surface area contributed by atoms with Gasteiger partial charge in [-0.25, -0.2) is 33.1 Å². The second-order valence-electron chi connectivity index (χ2n) is 8.46. The number of hydrogen-bond acceptors (Lipinski definition) is 8. The van der Waals surface area contributed by atoms with Crippen LogP contribution in [0.25, 0.3) is 11.4 Å². The fourth-order valence-electron chi connectivity index (χ4n) is 4.01. The molecule has 0 unspecified atom stereocenters. The van der Waals surface area contributed by atoms with Crippen molar-refractivity contribution in [2.75, 3.05) is 10.0 Å². The summed E-state index contributed by atoms with van der Waals surface area (Å²) in [6, 6.07) is 9.67. The van der Waals surface area contributed by atoms with Gasteiger partial charge in [0.25, 0.3) is 0 Å². The van der Waals surface area contributed by atoms with Crippen molar-refractivity contribution in [3.05, 3.63) is 78.5 Å². The summed E-state index contributed by atoms with van der Waals surface area (Å²) < 4.78 is 51.0. The van der Waals surface area contributed by atoms with Crippen LogP contribution in [-0.4, -0.2) is 26.0 Å². The molecule has 1 aliphatic carbocycles. The van der Waals surface area contributed by atoms with Gasteiger partial charge in [0.1, 0.15) is 11.6 Å². The molecule has 5 rings (SSSR count). The van der Waals surface area contributed by atoms with Gasteiger partial charge in [-0.05, 0) is 55.1 Å². The Bertz CT molecular complexity index is 1370. The van der Waals surface area contributed by atoms with E-state index in [2.05, 4.69) is 30.0 Å². The van der Waals surface area contributed by atoms with E-state index in [0.717, 1.165) is 31.0 Å². The molecule has 0 amide bonds. The van der Waals surface area contributed by atoms with E-state index in [-0.39, 0.29) is 16.5 Å². The fourth-order valence-corrected chi connectivity index (χ4v) is 4.68. The van der Waals surface area contributed by atoms with Crippen molar-refractivity contribution in [3.8, 4) is 23.0 Å². The molecule has 1 saturated carbocycles. The van der Waals surface area contributed by atoms with Gasteiger partial charge in [-0.1, -0.05) is 25.3 Å². The van der Waals surface area contributed by atoms with Gasteiger partial charge in [0, 0.05) is 36.4 Å². The van der Waals surface area contributed by atoms with E-state index in [0.29, 0.717) is 41.0 Å². The lowest BCUT2D eigenvalue weighted by atomic mass is 9.96. The minimum Gasteiger partial charge on any atom is -0.434 e. The zero-order valence-corrected chi connectivity index (χ0v) is 20.4. The van der Waals surface area contributed by atoms with Crippen molar-refractivity contribution in [1.82, 2.24) is 19.9 Å². The highest BCUT2D eigenvalue weighted by atomic mass is 32.2. The Morgan fingerprint density at radius 1 is 0.838 bits per heavy atom. The Morgan fingerprint density at radius 3 is 2.41 bits per heavy atom. The average Bonchev–Trinajstić information content (AvgIpc) is 2.91. The topological polar surface area (TPSA) is 84.8 Å². The predicted molar refractivity (Wildman–Crippen MR) is 136 cm³/mol. The molecule has 37 heavy (non-hydrogen) atoms. The van der Waals surface area contributed by atoms with E-state index in [4.69, 9.17) is 4.74 Å². The summed E-state index contributed by atoms with van der Waals surface area (Å²) in [4.78, 5) is 17.2. The second kappa shape index (κ2) is 11.5. The van der Waals surface area contributed by atoms with E-state index in [1.807, 2.05) is 0 Å². The third kappa shape index (κ3) is 6.11. The molecule has 0 spiro atoms. The minimum absolute atomic E-state index is 0.0761. The fraction of sp³-hybridized carbons (Fsp3) is 0.231. The number of hydrogen-bond donors (Lipinski definition) is 2. The number of benzene rings is 2. The molecule has 11 heteroatoms. The number of ether oxygens (including phenoxy) is 1. The van der Waals surface area contributed by atoms with Gasteiger partial charge in [-0.15, -0.1) is 0 Å². The zero-order valence-electron chi connectivity index (χ0n) is 19.6. The quantitative estimate of drug-likeness (QED) is 0.238. The van der Waals surface area contributed by atoms with Crippen molar-refractivity contribution in [2.45, 2.75) is 43.0 Å². The van der Waals surface area contributed by atoms with E-state index >= 15 is 0 Å². The lowest BCUT2D eigenvalue weighted by Crippen LogP contribution is -2.23. The van der Waals surface area contributed by atoms with Gasteiger partial charge in [0.15, 0.2) is 17.3 Å². The lowest BCUT2D eigenvalue weighted by Gasteiger charge is -2.22. The molecule has 1 fully saturated rings. The summed E-state index contributed by atoms with van der Waals surface area (Å²) >= 11 is 0.709. The van der Waals surface area contributed by atoms with E-state index in [1.165, 1.54) is 49.9 Å². The maximum atomic E-state index is 14.9. The SMILES string of the molecule is Fc1cc(NSc2c(F)cccc2F)ccc1Oc1nccnc1-c1ccnc(NC2CCCCC2)n1. The number of aromatic nitrogens is 4. The molecule has 7 nitrogen and oxygen atoms in total. The first-order chi connectivity index (χ1) is 18.1. The molecule has 0 saturated heterocycles. The first-order valence-electron chi connectivity index (χ1n) is 11.8. The predicted octanol–water partition coefficient (Wildman–Crippen LogP) is 7.01. The maximum absolute atomic E-state index is 14.9. The molecule has 0 aliphatic heterocycles. The van der Waals surface area contributed by atoms with E-state index in [1.54, 1.807) is 12.3 Å². The summed E-state index contributed by atoms with van der Waals surface area (Å²) in [7, 11) is 0. The largest absolute Gasteiger partial charge is 0.434 e. The number of halogens is 3. The Balaban J connectivity index is 1.31. The normalized spacial score (nSPS) is 13.8. The smallest absolute Gasteiger partial charge is 0.247 e. The minimum atomic E-state index is -0.713. The number of nitrogens with one attached hydrogen (secondary N) is 2. The van der Waals surface area contributed by atoms with Crippen LogP contribution in [0.2, 0.25) is 0 Å². The Hall–Kier alpha value is -3.86. The third-order valence-corrected chi connectivity index (χ3v) is 6.76. The second-order valence-corrected chi connectivity index (χ2v) is 9.27. The van der Waals surface area contributed by atoms with Gasteiger partial charge < -0.3 is 14.8 Å². The van der Waals surface area contributed by atoms with Gasteiger partial charge in [-0.3, -0.25) is 0 Å². The Labute approximate surface area is 216 Å². The molecule has 2 heterocycles. The summed E-state index contributed by atoms with van der Waals surface area (Å²) in [6.07, 6.45) is 10.3. The van der Waals surface area contributed by atoms with Crippen LogP contribution in [0.1, 0.15) is 32.1 Å². The molecule has 2 aromatic carbocycles. The number of nitrogens with zero attached hydrogens (tertiary/aromatic N) is 4. The van der Waals surface area contributed by atoms with Crippen molar-refractivity contribution in [2.24, 2.45) is 0 Å². The summed E-state index contributed by atoms with van der Waals surface area (Å²) in [5.74, 6) is -1.65. The highest BCUT2D eigenvalue weighted by Crippen LogP contribution is 2.33. The standard InChI is InChI=1S/C26H23F3N6OS/c27-18-7-4-8-19(28)24(18)37-35-17-9-10-22(20(29)15-17)36-25-23(30-13-14-31-25)21-11-12-32-26(34-21)33-16-5-2-1-3-6-16/h4,7-16,35H,1-3,5-6H2,(H,32,33,34). The average molecular weight is 525 g/mol. The molecule has 190 valence electrons. The summed E-state index contributed by atoms with van der Waals surface area (Å²) in [6.45, 7) is 0. The zero-order chi connectivity index (χ0) is 25.6. The van der Waals surface area contributed by atoms with E-state index < -0.39 is 17.5 Å². The van der Waals surface area contributed by atoms with Crippen molar-refractivity contribution in [3.63, 3.8) is 0 Å². The van der Waals surface area contributed by atoms with Crippen LogP contribution in [-0.2, 0) is 0 Å². The first kappa shape index (κ1) is 24.8. The van der Waals surface area contributed by atoms with Gasteiger partial charge in [0.05, 0.1) is 10.6 Å². The van der Waals surface area contributed by atoms with Crippen molar-refractivity contribution < 1.29 is 17.9 Å². The van der Waals surface area contributed by atoms with Gasteiger partial charge in [0.2, 0.25) is 11.8 Å². The van der Waals surface area contributed by atoms with Crippen LogP contribution in [0.4, 0.5) is 24.8 Å². The lowest BCUT2D eigenvalue weighted by molar-refractivity contribution is 0.427. The van der Waals surface area contributed by atoms with Gasteiger partial charge in [-0.2, -0.15) is 0 Å². The molecular weight excluding hydrogens is 501 g/mol. The summed E-state index contributed by atoms with van der Waals surface area (Å²) in [5, 5.41) is 3.38. The highest BCUT2D eigenvalue weighted by Gasteiger charge is 2.18. The monoisotopic (exact) mass is 524 g/mol. The van der Waals surface area contributed by atoms with Crippen LogP contribution in [0.3, 0.4) is 0 Å². The van der Waals surface area contributed by atoms with Crippen LogP contribution >= 0.6 is 11.9 Å². The molecule has 0 bridgehead atoms. The van der Waals surface area contributed by atoms with Crippen LogP contribution < -0.4 is 14.8 Å². The molecule has 4 aromatic rings. The molecule has 2 N–H and O–H groups in total. The molecule has 0 atom stereocenters. The Kier molecular flexibility index (Phi) is 7.69. The van der Waals surface area contributed by atoms with Crippen LogP contribution in [0, 0.1) is 17.5 Å². The summed E-state index contributed by atoms with van der Waals surface area (Å²) in [5.41, 5.74) is 1.12. The number of rotatable bonds is 8.